The average Bonchev–Trinajstić information content (AvgIpc) is 3.22. The highest BCUT2D eigenvalue weighted by molar-refractivity contribution is 7.13. The number of esters is 1. The third kappa shape index (κ3) is 3.20. The lowest BCUT2D eigenvalue weighted by atomic mass is 10.1. The molecule has 1 amide bonds. The molecule has 8 heteroatoms. The van der Waals surface area contributed by atoms with Crippen molar-refractivity contribution in [2.45, 2.75) is 20.0 Å². The van der Waals surface area contributed by atoms with Crippen LogP contribution < -0.4 is 0 Å². The maximum absolute atomic E-state index is 12.8. The number of hydrogen-bond donors (Lipinski definition) is 0. The molecule has 0 saturated heterocycles. The van der Waals surface area contributed by atoms with Crippen molar-refractivity contribution in [3.8, 4) is 10.6 Å². The summed E-state index contributed by atoms with van der Waals surface area (Å²) in [6, 6.07) is 5.57. The predicted molar refractivity (Wildman–Crippen MR) is 100 cm³/mol. The highest BCUT2D eigenvalue weighted by atomic mass is 32.1. The average molecular weight is 372 g/mol. The molecule has 0 saturated carbocycles. The number of amides is 1. The van der Waals surface area contributed by atoms with E-state index in [4.69, 9.17) is 4.74 Å². The summed E-state index contributed by atoms with van der Waals surface area (Å²) in [7, 11) is 5.03. The molecular formula is C18H20N4O3S. The van der Waals surface area contributed by atoms with Gasteiger partial charge in [0.25, 0.3) is 5.91 Å². The van der Waals surface area contributed by atoms with Gasteiger partial charge in [0.15, 0.2) is 11.8 Å². The minimum absolute atomic E-state index is 0.273. The third-order valence-electron chi connectivity index (χ3n) is 4.03. The zero-order valence-corrected chi connectivity index (χ0v) is 16.1. The minimum atomic E-state index is -0.872. The first-order valence-corrected chi connectivity index (χ1v) is 8.98. The number of likely N-dealkylation sites (N-methyl/N-ethyl adjacent to an activating group) is 1. The van der Waals surface area contributed by atoms with Gasteiger partial charge >= 0.3 is 5.97 Å². The highest BCUT2D eigenvalue weighted by Crippen LogP contribution is 2.29. The van der Waals surface area contributed by atoms with E-state index in [0.717, 1.165) is 4.88 Å². The summed E-state index contributed by atoms with van der Waals surface area (Å²) in [6.07, 6.45) is -0.872. The highest BCUT2D eigenvalue weighted by Gasteiger charge is 2.25. The molecule has 0 spiro atoms. The van der Waals surface area contributed by atoms with Crippen LogP contribution in [-0.2, 0) is 16.6 Å². The van der Waals surface area contributed by atoms with E-state index in [1.54, 1.807) is 38.8 Å². The number of ether oxygens (including phenoxy) is 1. The second-order valence-electron chi connectivity index (χ2n) is 6.22. The van der Waals surface area contributed by atoms with E-state index in [1.165, 1.54) is 16.2 Å². The standard InChI is InChI=1S/C18H20N4O3S/c1-10-15-12(18(24)25-11(2)17(23)21(3)4)9-13(14-7-6-8-26-14)19-16(15)22(5)20-10/h6-9,11H,1-5H3. The molecule has 1 unspecified atom stereocenters. The van der Waals surface area contributed by atoms with Crippen LogP contribution in [0.1, 0.15) is 23.0 Å². The number of thiophene rings is 1. The Balaban J connectivity index is 2.09. The van der Waals surface area contributed by atoms with Crippen LogP contribution in [-0.4, -0.2) is 51.7 Å². The molecule has 7 nitrogen and oxygen atoms in total. The summed E-state index contributed by atoms with van der Waals surface area (Å²) >= 11 is 1.54. The zero-order valence-electron chi connectivity index (χ0n) is 15.3. The van der Waals surface area contributed by atoms with E-state index >= 15 is 0 Å². The maximum Gasteiger partial charge on any atom is 0.339 e. The molecule has 0 aliphatic rings. The summed E-state index contributed by atoms with van der Waals surface area (Å²) in [6.45, 7) is 3.38. The molecule has 0 bridgehead atoms. The number of carbonyl (C=O) groups excluding carboxylic acids is 2. The Morgan fingerprint density at radius 2 is 2.08 bits per heavy atom. The molecule has 0 aromatic carbocycles. The SMILES string of the molecule is Cc1nn(C)c2nc(-c3cccs3)cc(C(=O)OC(C)C(=O)N(C)C)c12. The Morgan fingerprint density at radius 1 is 1.35 bits per heavy atom. The first-order valence-electron chi connectivity index (χ1n) is 8.10. The Hall–Kier alpha value is -2.74. The van der Waals surface area contributed by atoms with Gasteiger partial charge in [-0.3, -0.25) is 9.48 Å². The van der Waals surface area contributed by atoms with Crippen LogP contribution in [0.5, 0.6) is 0 Å². The van der Waals surface area contributed by atoms with E-state index in [-0.39, 0.29) is 5.91 Å². The van der Waals surface area contributed by atoms with Gasteiger partial charge in [0, 0.05) is 21.1 Å². The number of fused-ring (bicyclic) bond motifs is 1. The van der Waals surface area contributed by atoms with Crippen molar-refractivity contribution < 1.29 is 14.3 Å². The maximum atomic E-state index is 12.8. The van der Waals surface area contributed by atoms with Crippen molar-refractivity contribution in [3.05, 3.63) is 34.8 Å². The van der Waals surface area contributed by atoms with E-state index in [0.29, 0.717) is 28.0 Å². The van der Waals surface area contributed by atoms with Gasteiger partial charge < -0.3 is 9.64 Å². The summed E-state index contributed by atoms with van der Waals surface area (Å²) in [5, 5.41) is 6.96. The number of carbonyl (C=O) groups is 2. The Morgan fingerprint density at radius 3 is 2.69 bits per heavy atom. The van der Waals surface area contributed by atoms with Gasteiger partial charge in [0.1, 0.15) is 0 Å². The number of rotatable bonds is 4. The van der Waals surface area contributed by atoms with Gasteiger partial charge in [0.2, 0.25) is 0 Å². The molecule has 0 aliphatic heterocycles. The molecule has 0 radical (unpaired) electrons. The Bertz CT molecular complexity index is 976. The largest absolute Gasteiger partial charge is 0.449 e. The van der Waals surface area contributed by atoms with Gasteiger partial charge in [-0.05, 0) is 31.4 Å². The fourth-order valence-corrected chi connectivity index (χ4v) is 3.48. The number of aryl methyl sites for hydroxylation is 2. The van der Waals surface area contributed by atoms with Crippen LogP contribution >= 0.6 is 11.3 Å². The van der Waals surface area contributed by atoms with Gasteiger partial charge in [-0.1, -0.05) is 6.07 Å². The van der Waals surface area contributed by atoms with Gasteiger partial charge in [0.05, 0.1) is 27.2 Å². The van der Waals surface area contributed by atoms with Crippen LogP contribution in [0.3, 0.4) is 0 Å². The predicted octanol–water partition coefficient (Wildman–Crippen LogP) is 2.64. The van der Waals surface area contributed by atoms with Gasteiger partial charge in [-0.15, -0.1) is 11.3 Å². The van der Waals surface area contributed by atoms with E-state index in [1.807, 2.05) is 24.4 Å². The molecular weight excluding hydrogens is 352 g/mol. The van der Waals surface area contributed by atoms with Crippen molar-refractivity contribution in [2.75, 3.05) is 14.1 Å². The quantitative estimate of drug-likeness (QED) is 0.658. The van der Waals surface area contributed by atoms with Crippen LogP contribution in [0.15, 0.2) is 23.6 Å². The van der Waals surface area contributed by atoms with Gasteiger partial charge in [-0.2, -0.15) is 5.10 Å². The van der Waals surface area contributed by atoms with E-state index in [2.05, 4.69) is 10.1 Å². The summed E-state index contributed by atoms with van der Waals surface area (Å²) < 4.78 is 7.06. The first kappa shape index (κ1) is 18.1. The molecule has 26 heavy (non-hydrogen) atoms. The smallest absolute Gasteiger partial charge is 0.339 e. The molecule has 3 aromatic rings. The molecule has 3 aromatic heterocycles. The summed E-state index contributed by atoms with van der Waals surface area (Å²) in [5.41, 5.74) is 2.33. The van der Waals surface area contributed by atoms with E-state index < -0.39 is 12.1 Å². The van der Waals surface area contributed by atoms with Crippen LogP contribution in [0.4, 0.5) is 0 Å². The number of pyridine rings is 1. The lowest BCUT2D eigenvalue weighted by Gasteiger charge is -2.17. The van der Waals surface area contributed by atoms with Crippen molar-refractivity contribution in [2.24, 2.45) is 7.05 Å². The van der Waals surface area contributed by atoms with Crippen LogP contribution in [0, 0.1) is 6.92 Å². The third-order valence-corrected chi connectivity index (χ3v) is 4.93. The van der Waals surface area contributed by atoms with Crippen molar-refractivity contribution in [3.63, 3.8) is 0 Å². The lowest BCUT2D eigenvalue weighted by Crippen LogP contribution is -2.35. The van der Waals surface area contributed by atoms with Crippen molar-refractivity contribution in [1.82, 2.24) is 19.7 Å². The molecule has 0 N–H and O–H groups in total. The fourth-order valence-electron chi connectivity index (χ4n) is 2.79. The van der Waals surface area contributed by atoms with E-state index in [9.17, 15) is 9.59 Å². The van der Waals surface area contributed by atoms with Crippen molar-refractivity contribution in [1.29, 1.82) is 0 Å². The molecule has 0 aliphatic carbocycles. The summed E-state index contributed by atoms with van der Waals surface area (Å²) in [5.74, 6) is -0.834. The minimum Gasteiger partial charge on any atom is -0.449 e. The topological polar surface area (TPSA) is 77.3 Å². The Labute approximate surface area is 155 Å². The summed E-state index contributed by atoms with van der Waals surface area (Å²) in [4.78, 5) is 31.8. The number of aromatic nitrogens is 3. The molecule has 136 valence electrons. The second-order valence-corrected chi connectivity index (χ2v) is 7.17. The van der Waals surface area contributed by atoms with Crippen LogP contribution in [0.2, 0.25) is 0 Å². The molecule has 1 atom stereocenters. The molecule has 0 fully saturated rings. The number of hydrogen-bond acceptors (Lipinski definition) is 6. The molecule has 3 rings (SSSR count). The Kier molecular flexibility index (Phi) is 4.78. The monoisotopic (exact) mass is 372 g/mol. The lowest BCUT2D eigenvalue weighted by molar-refractivity contribution is -0.137. The van der Waals surface area contributed by atoms with Crippen molar-refractivity contribution >= 4 is 34.2 Å². The second kappa shape index (κ2) is 6.87. The zero-order chi connectivity index (χ0) is 19.0. The number of nitrogens with zero attached hydrogens (tertiary/aromatic N) is 4. The van der Waals surface area contributed by atoms with Gasteiger partial charge in [-0.25, -0.2) is 9.78 Å². The first-order chi connectivity index (χ1) is 12.3. The molecule has 3 heterocycles. The fraction of sp³-hybridized carbons (Fsp3) is 0.333. The van der Waals surface area contributed by atoms with Crippen LogP contribution in [0.25, 0.3) is 21.6 Å². The normalized spacial score (nSPS) is 12.2.